The van der Waals surface area contributed by atoms with Crippen LogP contribution in [0.25, 0.3) is 119 Å². The zero-order valence-electron chi connectivity index (χ0n) is 35.9. The van der Waals surface area contributed by atoms with E-state index in [4.69, 9.17) is 4.42 Å². The lowest BCUT2D eigenvalue weighted by Gasteiger charge is -2.28. The van der Waals surface area contributed by atoms with Gasteiger partial charge in [0.25, 0.3) is 0 Å². The van der Waals surface area contributed by atoms with Crippen LogP contribution in [-0.4, -0.2) is 0 Å². The summed E-state index contributed by atoms with van der Waals surface area (Å²) in [5.41, 5.74) is 7.07. The van der Waals surface area contributed by atoms with E-state index in [2.05, 4.69) is 235 Å². The maximum atomic E-state index is 6.86. The van der Waals surface area contributed by atoms with Crippen molar-refractivity contribution in [1.29, 1.82) is 0 Å². The molecule has 2 heteroatoms. The van der Waals surface area contributed by atoms with Crippen molar-refractivity contribution in [1.82, 2.24) is 0 Å². The molecular formula is C64H39NO. The highest BCUT2D eigenvalue weighted by atomic mass is 16.3. The maximum Gasteiger partial charge on any atom is 0.159 e. The predicted molar refractivity (Wildman–Crippen MR) is 283 cm³/mol. The monoisotopic (exact) mass is 837 g/mol. The minimum absolute atomic E-state index is 0.849. The zero-order valence-corrected chi connectivity index (χ0v) is 35.9. The number of furan rings is 1. The highest BCUT2D eigenvalue weighted by Gasteiger charge is 2.23. The molecule has 0 fully saturated rings. The van der Waals surface area contributed by atoms with Gasteiger partial charge in [0, 0.05) is 22.0 Å². The molecule has 0 aliphatic carbocycles. The number of benzene rings is 12. The fraction of sp³-hybridized carbons (Fsp3) is 0. The summed E-state index contributed by atoms with van der Waals surface area (Å²) in [7, 11) is 0. The van der Waals surface area contributed by atoms with Crippen molar-refractivity contribution >= 4 is 125 Å². The summed E-state index contributed by atoms with van der Waals surface area (Å²) in [6.45, 7) is 0. The van der Waals surface area contributed by atoms with Crippen LogP contribution < -0.4 is 4.90 Å². The Balaban J connectivity index is 1.20. The largest absolute Gasteiger partial charge is 0.454 e. The van der Waals surface area contributed by atoms with Gasteiger partial charge in [-0.15, -0.1) is 0 Å². The molecule has 13 aromatic carbocycles. The van der Waals surface area contributed by atoms with Crippen LogP contribution in [0.4, 0.5) is 17.1 Å². The molecule has 0 amide bonds. The maximum absolute atomic E-state index is 6.86. The molecule has 14 rings (SSSR count). The van der Waals surface area contributed by atoms with Crippen LogP contribution in [0.2, 0.25) is 0 Å². The van der Waals surface area contributed by atoms with E-state index in [0.29, 0.717) is 0 Å². The normalized spacial score (nSPS) is 11.9. The summed E-state index contributed by atoms with van der Waals surface area (Å²) >= 11 is 0. The highest BCUT2D eigenvalue weighted by molar-refractivity contribution is 6.37. The van der Waals surface area contributed by atoms with Crippen molar-refractivity contribution in [3.63, 3.8) is 0 Å². The average molecular weight is 838 g/mol. The van der Waals surface area contributed by atoms with Gasteiger partial charge in [-0.2, -0.15) is 0 Å². The van der Waals surface area contributed by atoms with Crippen LogP contribution in [0.1, 0.15) is 0 Å². The van der Waals surface area contributed by atoms with Gasteiger partial charge in [0.2, 0.25) is 0 Å². The van der Waals surface area contributed by atoms with Gasteiger partial charge in [-0.25, -0.2) is 0 Å². The lowest BCUT2D eigenvalue weighted by atomic mass is 9.88. The SMILES string of the molecule is c1ccc(-c2ccccc2N(c2ccc3c(c2)c2ccccc2c2ccccc2c2ccccc2c2c3cc3ccc4cccc5ccc2c3c45)c2cccc3c2oc2ccccc23)cc1. The number of nitrogens with zero attached hydrogens (tertiary/aromatic N) is 1. The Morgan fingerprint density at radius 1 is 0.273 bits per heavy atom. The fourth-order valence-electron chi connectivity index (χ4n) is 11.1. The van der Waals surface area contributed by atoms with Crippen LogP contribution >= 0.6 is 0 Å². The van der Waals surface area contributed by atoms with Crippen LogP contribution in [0.3, 0.4) is 0 Å². The first kappa shape index (κ1) is 36.7. The first-order chi connectivity index (χ1) is 32.8. The second-order valence-electron chi connectivity index (χ2n) is 17.5. The molecule has 0 radical (unpaired) electrons. The van der Waals surface area contributed by atoms with Crippen LogP contribution in [0.5, 0.6) is 0 Å². The summed E-state index contributed by atoms with van der Waals surface area (Å²) in [6.07, 6.45) is 0. The first-order valence-corrected chi connectivity index (χ1v) is 22.8. The number of hydrogen-bond acceptors (Lipinski definition) is 2. The van der Waals surface area contributed by atoms with Crippen molar-refractivity contribution in [2.45, 2.75) is 0 Å². The van der Waals surface area contributed by atoms with Crippen molar-refractivity contribution in [2.24, 2.45) is 0 Å². The van der Waals surface area contributed by atoms with Gasteiger partial charge in [-0.3, -0.25) is 0 Å². The van der Waals surface area contributed by atoms with Crippen molar-refractivity contribution < 1.29 is 4.42 Å². The van der Waals surface area contributed by atoms with E-state index in [1.165, 1.54) is 80.8 Å². The Bertz CT molecular complexity index is 4340. The highest BCUT2D eigenvalue weighted by Crippen LogP contribution is 2.48. The lowest BCUT2D eigenvalue weighted by molar-refractivity contribution is 0.669. The molecule has 0 bridgehead atoms. The molecule has 0 saturated heterocycles. The van der Waals surface area contributed by atoms with E-state index in [1.807, 2.05) is 6.07 Å². The summed E-state index contributed by atoms with van der Waals surface area (Å²) in [6, 6.07) is 87.0. The summed E-state index contributed by atoms with van der Waals surface area (Å²) < 4.78 is 6.86. The number of anilines is 3. The Morgan fingerprint density at radius 2 is 0.803 bits per heavy atom. The third kappa shape index (κ3) is 5.42. The topological polar surface area (TPSA) is 16.4 Å². The molecule has 306 valence electrons. The molecule has 0 spiro atoms. The molecule has 1 heterocycles. The third-order valence-corrected chi connectivity index (χ3v) is 14.0. The van der Waals surface area contributed by atoms with Crippen LogP contribution in [-0.2, 0) is 0 Å². The van der Waals surface area contributed by atoms with Crippen LogP contribution in [0, 0.1) is 0 Å². The van der Waals surface area contributed by atoms with Gasteiger partial charge in [0.1, 0.15) is 5.58 Å². The second kappa shape index (κ2) is 14.4. The quantitative estimate of drug-likeness (QED) is 0.164. The van der Waals surface area contributed by atoms with E-state index >= 15 is 0 Å². The zero-order chi connectivity index (χ0) is 43.3. The molecule has 66 heavy (non-hydrogen) atoms. The van der Waals surface area contributed by atoms with E-state index in [9.17, 15) is 0 Å². The smallest absolute Gasteiger partial charge is 0.159 e. The first-order valence-electron chi connectivity index (χ1n) is 22.8. The number of fused-ring (bicyclic) bond motifs is 14. The molecule has 2 nitrogen and oxygen atoms in total. The Labute approximate surface area is 380 Å². The average Bonchev–Trinajstić information content (AvgIpc) is 3.78. The van der Waals surface area contributed by atoms with E-state index in [-0.39, 0.29) is 0 Å². The number of hydrogen-bond donors (Lipinski definition) is 0. The molecule has 0 aliphatic heterocycles. The molecule has 0 aliphatic rings. The number of para-hydroxylation sites is 3. The van der Waals surface area contributed by atoms with Gasteiger partial charge in [-0.1, -0.05) is 200 Å². The summed E-state index contributed by atoms with van der Waals surface area (Å²) in [5, 5.41) is 21.9. The second-order valence-corrected chi connectivity index (χ2v) is 17.5. The van der Waals surface area contributed by atoms with Gasteiger partial charge in [0.05, 0.1) is 11.4 Å². The third-order valence-electron chi connectivity index (χ3n) is 14.0. The standard InChI is InChI=1S/C64H39NO/c1-2-16-40(17-3-1)45-20-10-12-29-58(45)65(59-30-15-28-54-52-26-11-13-31-60(52)66-64(54)59)44-35-37-51-56(39-44)50-25-7-6-23-48(50)46-21-4-5-22-47(46)49-24-8-9-27-53(49)63-55-36-34-42-19-14-18-41-32-33-43(38-57(51)63)62(55)61(41)42/h1-39H. The van der Waals surface area contributed by atoms with Gasteiger partial charge < -0.3 is 9.32 Å². The molecule has 0 saturated carbocycles. The molecule has 14 aromatic rings. The minimum atomic E-state index is 0.849. The Morgan fingerprint density at radius 3 is 1.56 bits per heavy atom. The van der Waals surface area contributed by atoms with Gasteiger partial charge in [0.15, 0.2) is 5.58 Å². The summed E-state index contributed by atoms with van der Waals surface area (Å²) in [5.74, 6) is 0. The van der Waals surface area contributed by atoms with Crippen molar-refractivity contribution in [3.8, 4) is 11.1 Å². The molecule has 0 atom stereocenters. The van der Waals surface area contributed by atoms with Gasteiger partial charge >= 0.3 is 0 Å². The van der Waals surface area contributed by atoms with Gasteiger partial charge in [-0.05, 0) is 128 Å². The minimum Gasteiger partial charge on any atom is -0.454 e. The Kier molecular flexibility index (Phi) is 8.02. The van der Waals surface area contributed by atoms with Crippen LogP contribution in [0.15, 0.2) is 241 Å². The van der Waals surface area contributed by atoms with Crippen molar-refractivity contribution in [3.05, 3.63) is 237 Å². The molecule has 1 aromatic heterocycles. The van der Waals surface area contributed by atoms with E-state index in [1.54, 1.807) is 0 Å². The van der Waals surface area contributed by atoms with E-state index in [0.717, 1.165) is 55.5 Å². The Hall–Kier alpha value is -8.72. The molecule has 0 N–H and O–H groups in total. The lowest BCUT2D eigenvalue weighted by Crippen LogP contribution is -2.11. The van der Waals surface area contributed by atoms with Crippen molar-refractivity contribution in [2.75, 3.05) is 4.90 Å². The molecule has 0 unspecified atom stereocenters. The molecular weight excluding hydrogens is 799 g/mol. The fourth-order valence-corrected chi connectivity index (χ4v) is 11.1. The summed E-state index contributed by atoms with van der Waals surface area (Å²) in [4.78, 5) is 2.42. The number of rotatable bonds is 4. The van der Waals surface area contributed by atoms with E-state index < -0.39 is 0 Å². The predicted octanol–water partition coefficient (Wildman–Crippen LogP) is 18.5.